The Morgan fingerprint density at radius 2 is 1.91 bits per heavy atom. The van der Waals surface area contributed by atoms with Gasteiger partial charge in [-0.1, -0.05) is 27.2 Å². The maximum Gasteiger partial charge on any atom is 0.139 e. The number of Topliss-reactive ketones (excluding diaryl/α,β-unsaturated/α-hetero) is 1. The molecule has 1 N–H and O–H groups in total. The van der Waals surface area contributed by atoms with Crippen LogP contribution in [0.15, 0.2) is 0 Å². The first-order chi connectivity index (χ1) is 10.4. The van der Waals surface area contributed by atoms with E-state index in [4.69, 9.17) is 0 Å². The molecule has 8 atom stereocenters. The van der Waals surface area contributed by atoms with E-state index < -0.39 is 0 Å². The molecule has 0 aromatic rings. The monoisotopic (exact) mass is 304 g/mol. The largest absolute Gasteiger partial charge is 0.393 e. The van der Waals surface area contributed by atoms with E-state index in [1.165, 1.54) is 32.1 Å². The van der Waals surface area contributed by atoms with E-state index >= 15 is 0 Å². The molecule has 4 aliphatic carbocycles. The highest BCUT2D eigenvalue weighted by atomic mass is 16.3. The van der Waals surface area contributed by atoms with Crippen molar-refractivity contribution in [3.8, 4) is 0 Å². The molecule has 4 aliphatic rings. The number of hydrogen-bond acceptors (Lipinski definition) is 2. The van der Waals surface area contributed by atoms with Crippen LogP contribution in [-0.4, -0.2) is 17.0 Å². The molecule has 0 heterocycles. The molecule has 4 fully saturated rings. The minimum atomic E-state index is -0.255. The molecule has 4 rings (SSSR count). The maximum atomic E-state index is 12.4. The van der Waals surface area contributed by atoms with Crippen LogP contribution in [0.4, 0.5) is 0 Å². The summed E-state index contributed by atoms with van der Waals surface area (Å²) in [6, 6.07) is 0. The Kier molecular flexibility index (Phi) is 3.32. The Morgan fingerprint density at radius 3 is 2.68 bits per heavy atom. The number of rotatable bonds is 0. The van der Waals surface area contributed by atoms with E-state index in [9.17, 15) is 9.90 Å². The molecule has 2 nitrogen and oxygen atoms in total. The first-order valence-corrected chi connectivity index (χ1v) is 9.57. The molecule has 0 radical (unpaired) electrons. The Morgan fingerprint density at radius 1 is 1.14 bits per heavy atom. The summed E-state index contributed by atoms with van der Waals surface area (Å²) in [5.74, 6) is 3.67. The van der Waals surface area contributed by atoms with Gasteiger partial charge in [0.25, 0.3) is 0 Å². The van der Waals surface area contributed by atoms with Crippen molar-refractivity contribution >= 4 is 5.78 Å². The number of ketones is 1. The lowest BCUT2D eigenvalue weighted by atomic mass is 9.44. The Labute approximate surface area is 135 Å². The quantitative estimate of drug-likeness (QED) is 0.728. The van der Waals surface area contributed by atoms with Crippen molar-refractivity contribution in [1.82, 2.24) is 0 Å². The molecule has 0 saturated heterocycles. The second kappa shape index (κ2) is 4.82. The van der Waals surface area contributed by atoms with Crippen LogP contribution in [0.1, 0.15) is 72.1 Å². The summed E-state index contributed by atoms with van der Waals surface area (Å²) in [5.41, 5.74) is 0.105. The molecule has 22 heavy (non-hydrogen) atoms. The Hall–Kier alpha value is -0.370. The van der Waals surface area contributed by atoms with Crippen LogP contribution in [-0.2, 0) is 4.79 Å². The summed E-state index contributed by atoms with van der Waals surface area (Å²) in [5, 5.41) is 11.1. The second-order valence-electron chi connectivity index (χ2n) is 9.61. The predicted molar refractivity (Wildman–Crippen MR) is 87.3 cm³/mol. The topological polar surface area (TPSA) is 37.3 Å². The molecule has 0 aliphatic heterocycles. The number of carbonyl (C=O) groups is 1. The van der Waals surface area contributed by atoms with Crippen molar-refractivity contribution < 1.29 is 9.90 Å². The summed E-state index contributed by atoms with van der Waals surface area (Å²) >= 11 is 0. The van der Waals surface area contributed by atoms with Gasteiger partial charge in [-0.05, 0) is 73.5 Å². The molecular weight excluding hydrogens is 272 g/mol. The molecule has 0 spiro atoms. The number of aliphatic hydroxyl groups excluding tert-OH is 1. The van der Waals surface area contributed by atoms with Crippen LogP contribution in [0.25, 0.3) is 0 Å². The van der Waals surface area contributed by atoms with Gasteiger partial charge >= 0.3 is 0 Å². The number of fused-ring (bicyclic) bond motifs is 5. The number of carbonyl (C=O) groups excluding carboxylic acids is 1. The number of aliphatic hydroxyl groups is 1. The van der Waals surface area contributed by atoms with Crippen molar-refractivity contribution in [2.45, 2.75) is 78.2 Å². The Balaban J connectivity index is 1.69. The van der Waals surface area contributed by atoms with Crippen LogP contribution >= 0.6 is 0 Å². The van der Waals surface area contributed by atoms with Crippen LogP contribution in [0.3, 0.4) is 0 Å². The fourth-order valence-electron chi connectivity index (χ4n) is 7.37. The van der Waals surface area contributed by atoms with Gasteiger partial charge in [-0.2, -0.15) is 0 Å². The smallest absolute Gasteiger partial charge is 0.139 e. The van der Waals surface area contributed by atoms with Crippen molar-refractivity contribution in [2.24, 2.45) is 40.4 Å². The fourth-order valence-corrected chi connectivity index (χ4v) is 7.37. The highest BCUT2D eigenvalue weighted by Crippen LogP contribution is 2.65. The summed E-state index contributed by atoms with van der Waals surface area (Å²) < 4.78 is 0. The van der Waals surface area contributed by atoms with E-state index in [0.717, 1.165) is 31.1 Å². The average Bonchev–Trinajstić information content (AvgIpc) is 2.75. The summed E-state index contributed by atoms with van der Waals surface area (Å²) in [6.07, 6.45) is 8.86. The first-order valence-electron chi connectivity index (χ1n) is 9.57. The number of hydrogen-bond donors (Lipinski definition) is 1. The molecule has 0 bridgehead atoms. The fraction of sp³-hybridized carbons (Fsp3) is 0.950. The third kappa shape index (κ3) is 1.85. The van der Waals surface area contributed by atoms with Gasteiger partial charge in [-0.25, -0.2) is 0 Å². The van der Waals surface area contributed by atoms with E-state index in [1.54, 1.807) is 0 Å². The molecular formula is C20H32O2. The van der Waals surface area contributed by atoms with Crippen LogP contribution in [0.5, 0.6) is 0 Å². The lowest BCUT2D eigenvalue weighted by Crippen LogP contribution is -2.58. The highest BCUT2D eigenvalue weighted by molar-refractivity contribution is 5.87. The standard InChI is InChI=1S/C20H32O2/c1-12-8-9-19(2)13(10-12)4-5-14-15-6-7-17(22)20(15,3)11-16(21)18(14)19/h12-16,18,21H,4-11H2,1-3H3/t12-,13-,14+,15+,16+,18-,19+,20+/m1/s1. The van der Waals surface area contributed by atoms with Crippen molar-refractivity contribution in [2.75, 3.05) is 0 Å². The Bertz CT molecular complexity index is 486. The average molecular weight is 304 g/mol. The van der Waals surface area contributed by atoms with Crippen LogP contribution in [0, 0.1) is 40.4 Å². The summed E-state index contributed by atoms with van der Waals surface area (Å²) in [4.78, 5) is 12.4. The molecule has 4 saturated carbocycles. The lowest BCUT2D eigenvalue weighted by molar-refractivity contribution is -0.171. The van der Waals surface area contributed by atoms with Gasteiger partial charge in [0.15, 0.2) is 0 Å². The minimum absolute atomic E-state index is 0.217. The van der Waals surface area contributed by atoms with Crippen LogP contribution < -0.4 is 0 Å². The maximum absolute atomic E-state index is 12.4. The van der Waals surface area contributed by atoms with Gasteiger partial charge in [-0.15, -0.1) is 0 Å². The molecule has 2 heteroatoms. The minimum Gasteiger partial charge on any atom is -0.393 e. The van der Waals surface area contributed by atoms with E-state index in [2.05, 4.69) is 20.8 Å². The SMILES string of the molecule is C[C@@H]1CC[C@@]2(C)[C@H](CC[C@@H]3[C@@H]2[C@@H](O)C[C@]2(C)C(=O)CC[C@@H]32)C1. The molecule has 0 unspecified atom stereocenters. The normalized spacial score (nSPS) is 57.9. The zero-order chi connectivity index (χ0) is 15.7. The second-order valence-corrected chi connectivity index (χ2v) is 9.61. The third-order valence-electron chi connectivity index (χ3n) is 8.57. The van der Waals surface area contributed by atoms with Gasteiger partial charge in [0.05, 0.1) is 6.10 Å². The van der Waals surface area contributed by atoms with E-state index in [1.807, 2.05) is 0 Å². The van der Waals surface area contributed by atoms with Gasteiger partial charge in [0.1, 0.15) is 5.78 Å². The summed E-state index contributed by atoms with van der Waals surface area (Å²) in [6.45, 7) is 7.03. The third-order valence-corrected chi connectivity index (χ3v) is 8.57. The van der Waals surface area contributed by atoms with Gasteiger partial charge in [0, 0.05) is 11.8 Å². The zero-order valence-corrected chi connectivity index (χ0v) is 14.5. The molecule has 124 valence electrons. The van der Waals surface area contributed by atoms with E-state index in [-0.39, 0.29) is 11.5 Å². The lowest BCUT2D eigenvalue weighted by Gasteiger charge is -2.61. The van der Waals surface area contributed by atoms with Crippen molar-refractivity contribution in [3.05, 3.63) is 0 Å². The predicted octanol–water partition coefficient (Wildman–Crippen LogP) is 4.21. The molecule has 0 amide bonds. The zero-order valence-electron chi connectivity index (χ0n) is 14.5. The highest BCUT2D eigenvalue weighted by Gasteiger charge is 2.62. The van der Waals surface area contributed by atoms with E-state index in [0.29, 0.717) is 29.0 Å². The summed E-state index contributed by atoms with van der Waals surface area (Å²) in [7, 11) is 0. The first kappa shape index (κ1) is 15.2. The van der Waals surface area contributed by atoms with Gasteiger partial charge in [0.2, 0.25) is 0 Å². The molecule has 0 aromatic carbocycles. The van der Waals surface area contributed by atoms with Crippen LogP contribution in [0.2, 0.25) is 0 Å². The molecule has 0 aromatic heterocycles. The van der Waals surface area contributed by atoms with Crippen molar-refractivity contribution in [3.63, 3.8) is 0 Å². The van der Waals surface area contributed by atoms with Gasteiger partial charge in [-0.3, -0.25) is 4.79 Å². The van der Waals surface area contributed by atoms with Crippen molar-refractivity contribution in [1.29, 1.82) is 0 Å². The van der Waals surface area contributed by atoms with Gasteiger partial charge < -0.3 is 5.11 Å².